The van der Waals surface area contributed by atoms with Crippen LogP contribution in [0.25, 0.3) is 0 Å². The van der Waals surface area contributed by atoms with E-state index >= 15 is 0 Å². The van der Waals surface area contributed by atoms with Gasteiger partial charge in [0.15, 0.2) is 25.2 Å². The van der Waals surface area contributed by atoms with Gasteiger partial charge in [0, 0.05) is 22.2 Å². The van der Waals surface area contributed by atoms with Crippen molar-refractivity contribution in [1.29, 1.82) is 0 Å². The Hall–Kier alpha value is -1.18. The average Bonchev–Trinajstić information content (AvgIpc) is 3.75. The van der Waals surface area contributed by atoms with Crippen molar-refractivity contribution in [2.24, 2.45) is 50.2 Å². The van der Waals surface area contributed by atoms with E-state index in [1.165, 1.54) is 6.92 Å². The molecule has 5 aliphatic heterocycles. The summed E-state index contributed by atoms with van der Waals surface area (Å²) in [7, 11) is 0. The van der Waals surface area contributed by atoms with E-state index in [0.717, 1.165) is 19.3 Å². The number of hydrogen-bond acceptors (Lipinski definition) is 23. The topological polar surface area (TPSA) is 366 Å². The van der Waals surface area contributed by atoms with Crippen molar-refractivity contribution in [1.82, 2.24) is 0 Å². The summed E-state index contributed by atoms with van der Waals surface area (Å²) in [6.07, 6.45) is -23.3. The van der Waals surface area contributed by atoms with E-state index < -0.39 is 188 Å². The summed E-state index contributed by atoms with van der Waals surface area (Å²) in [5.74, 6) is -0.280. The van der Waals surface area contributed by atoms with Crippen LogP contribution in [0.4, 0.5) is 0 Å². The van der Waals surface area contributed by atoms with Crippen LogP contribution in [0.1, 0.15) is 99.8 Å². The van der Waals surface area contributed by atoms with Crippen LogP contribution in [0.3, 0.4) is 0 Å². The summed E-state index contributed by atoms with van der Waals surface area (Å²) in [4.78, 5) is 0. The Morgan fingerprint density at radius 3 is 1.56 bits per heavy atom. The molecule has 0 aromatic heterocycles. The van der Waals surface area contributed by atoms with Gasteiger partial charge in [-0.1, -0.05) is 53.7 Å². The molecule has 10 rings (SSSR count). The minimum atomic E-state index is -1.92. The molecule has 9 fully saturated rings. The first-order valence-corrected chi connectivity index (χ1v) is 28.0. The zero-order valence-corrected chi connectivity index (χ0v) is 45.2. The molecule has 442 valence electrons. The van der Waals surface area contributed by atoms with Crippen molar-refractivity contribution in [3.05, 3.63) is 12.2 Å². The van der Waals surface area contributed by atoms with Crippen LogP contribution >= 0.6 is 0 Å². The normalized spacial score (nSPS) is 58.1. The van der Waals surface area contributed by atoms with Crippen molar-refractivity contribution in [2.75, 3.05) is 33.0 Å². The van der Waals surface area contributed by atoms with Crippen molar-refractivity contribution in [3.8, 4) is 0 Å². The standard InChI is InChI=1S/C54H88O23/c1-23-32(59)42(76-45-40(67)37(64)34(61)25(19-56)72-45)43(77-46-41(68)38(65)35(62)26(20-57)73-46)47(70-23)74-30-10-11-49(4)27(50(30,5)21-58)8-12-51(6)28(49)9-13-54-29-16-48(2,3)14-15-53(29,22-69-54)31(17-52(51,54)7)75-44-39(66)36(63)33(60)24(18-55)71-44/h9,13,23-47,55-68H,8,10-12,14-22H2,1-7H3. The molecule has 0 aromatic carbocycles. The highest BCUT2D eigenvalue weighted by molar-refractivity contribution is 5.36. The van der Waals surface area contributed by atoms with Gasteiger partial charge < -0.3 is 114 Å². The number of ether oxygens (including phenoxy) is 9. The Bertz CT molecular complexity index is 2120. The van der Waals surface area contributed by atoms with Gasteiger partial charge in [0.25, 0.3) is 0 Å². The highest BCUT2D eigenvalue weighted by atomic mass is 16.8. The Kier molecular flexibility index (Phi) is 16.0. The highest BCUT2D eigenvalue weighted by Crippen LogP contribution is 2.79. The number of allylic oxidation sites excluding steroid dienone is 1. The SMILES string of the molecule is CC1OC(OC2CCC3(C)C(CCC4(C)C3C=CC35OCC6(CCC(C)(C)CC63)C(OC3OC(CO)C(O)C(O)C3O)CC45C)C2(C)CO)C(OC2OC(CO)C(O)C(O)C2O)C(OC2OC(CO)C(O)C(O)C2O)C1O. The van der Waals surface area contributed by atoms with E-state index in [2.05, 4.69) is 46.8 Å². The first-order valence-electron chi connectivity index (χ1n) is 28.0. The van der Waals surface area contributed by atoms with Crippen LogP contribution in [0, 0.1) is 50.2 Å². The Morgan fingerprint density at radius 2 is 1.03 bits per heavy atom. The van der Waals surface area contributed by atoms with Gasteiger partial charge in [0.2, 0.25) is 0 Å². The summed E-state index contributed by atoms with van der Waals surface area (Å²) < 4.78 is 57.7. The molecular weight excluding hydrogens is 1020 g/mol. The minimum absolute atomic E-state index is 0.00171. The summed E-state index contributed by atoms with van der Waals surface area (Å²) in [5, 5.41) is 152. The fourth-order valence-electron chi connectivity index (χ4n) is 17.3. The van der Waals surface area contributed by atoms with Crippen molar-refractivity contribution >= 4 is 0 Å². The molecule has 0 amide bonds. The van der Waals surface area contributed by atoms with E-state index in [1.807, 2.05) is 6.92 Å². The lowest BCUT2D eigenvalue weighted by Gasteiger charge is -2.73. The molecule has 5 saturated heterocycles. The van der Waals surface area contributed by atoms with Crippen LogP contribution in [-0.4, -0.2) is 245 Å². The molecule has 31 atom stereocenters. The molecule has 2 bridgehead atoms. The van der Waals surface area contributed by atoms with Crippen molar-refractivity contribution in [3.63, 3.8) is 0 Å². The smallest absolute Gasteiger partial charge is 0.187 e. The van der Waals surface area contributed by atoms with Gasteiger partial charge in [0.05, 0.1) is 56.9 Å². The quantitative estimate of drug-likeness (QED) is 0.0705. The van der Waals surface area contributed by atoms with Gasteiger partial charge in [-0.15, -0.1) is 0 Å². The molecule has 0 aromatic rings. The number of rotatable bonds is 12. The second kappa shape index (κ2) is 20.9. The molecule has 1 spiro atoms. The summed E-state index contributed by atoms with van der Waals surface area (Å²) in [5.41, 5.74) is -3.70. The number of hydrogen-bond donors (Lipinski definition) is 14. The Labute approximate surface area is 448 Å². The lowest BCUT2D eigenvalue weighted by Crippen LogP contribution is -2.73. The second-order valence-electron chi connectivity index (χ2n) is 26.6. The fourth-order valence-corrected chi connectivity index (χ4v) is 17.3. The molecule has 31 unspecified atom stereocenters. The maximum absolute atomic E-state index is 11.8. The summed E-state index contributed by atoms with van der Waals surface area (Å²) >= 11 is 0. The van der Waals surface area contributed by atoms with E-state index in [1.54, 1.807) is 0 Å². The molecule has 23 heteroatoms. The van der Waals surface area contributed by atoms with Gasteiger partial charge in [-0.25, -0.2) is 0 Å². The predicted octanol–water partition coefficient (Wildman–Crippen LogP) is -2.57. The lowest BCUT2D eigenvalue weighted by atomic mass is 9.32. The largest absolute Gasteiger partial charge is 0.396 e. The molecule has 23 nitrogen and oxygen atoms in total. The van der Waals surface area contributed by atoms with Crippen LogP contribution in [0.2, 0.25) is 0 Å². The molecule has 4 saturated carbocycles. The Balaban J connectivity index is 0.967. The number of fused-ring (bicyclic) bond motifs is 4. The van der Waals surface area contributed by atoms with Crippen LogP contribution in [0.5, 0.6) is 0 Å². The monoisotopic (exact) mass is 1100 g/mol. The van der Waals surface area contributed by atoms with E-state index in [0.29, 0.717) is 38.7 Å². The zero-order chi connectivity index (χ0) is 55.9. The third-order valence-corrected chi connectivity index (χ3v) is 22.2. The third kappa shape index (κ3) is 8.84. The van der Waals surface area contributed by atoms with Crippen LogP contribution < -0.4 is 0 Å². The fraction of sp³-hybridized carbons (Fsp3) is 0.963. The Morgan fingerprint density at radius 1 is 0.506 bits per heavy atom. The van der Waals surface area contributed by atoms with E-state index in [4.69, 9.17) is 42.6 Å². The first kappa shape index (κ1) is 59.0. The third-order valence-electron chi connectivity index (χ3n) is 22.2. The molecule has 14 N–H and O–H groups in total. The van der Waals surface area contributed by atoms with Gasteiger partial charge in [0.1, 0.15) is 91.6 Å². The zero-order valence-electron chi connectivity index (χ0n) is 45.2. The molecule has 5 aliphatic carbocycles. The highest BCUT2D eigenvalue weighted by Gasteiger charge is 2.80. The second-order valence-corrected chi connectivity index (χ2v) is 26.6. The average molecular weight is 1110 g/mol. The van der Waals surface area contributed by atoms with Crippen molar-refractivity contribution < 1.29 is 114 Å². The van der Waals surface area contributed by atoms with Crippen molar-refractivity contribution in [2.45, 2.75) is 240 Å². The van der Waals surface area contributed by atoms with E-state index in [9.17, 15) is 71.5 Å². The lowest BCUT2D eigenvalue weighted by molar-refractivity contribution is -0.398. The van der Waals surface area contributed by atoms with Crippen LogP contribution in [0.15, 0.2) is 12.2 Å². The minimum Gasteiger partial charge on any atom is -0.396 e. The molecular formula is C54H88O23. The molecule has 10 aliphatic rings. The maximum Gasteiger partial charge on any atom is 0.187 e. The first-order chi connectivity index (χ1) is 36.2. The summed E-state index contributed by atoms with van der Waals surface area (Å²) in [6, 6.07) is 0. The molecule has 77 heavy (non-hydrogen) atoms. The predicted molar refractivity (Wildman–Crippen MR) is 262 cm³/mol. The van der Waals surface area contributed by atoms with E-state index in [-0.39, 0.29) is 29.8 Å². The molecule has 5 heterocycles. The van der Waals surface area contributed by atoms with Gasteiger partial charge >= 0.3 is 0 Å². The van der Waals surface area contributed by atoms with Crippen LogP contribution in [-0.2, 0) is 42.6 Å². The number of aliphatic hydroxyl groups is 14. The molecule has 0 radical (unpaired) electrons. The maximum atomic E-state index is 11.8. The van der Waals surface area contributed by atoms with Gasteiger partial charge in [-0.3, -0.25) is 0 Å². The van der Waals surface area contributed by atoms with Gasteiger partial charge in [-0.05, 0) is 86.4 Å². The number of aliphatic hydroxyl groups excluding tert-OH is 14. The van der Waals surface area contributed by atoms with Gasteiger partial charge in [-0.2, -0.15) is 0 Å². The summed E-state index contributed by atoms with van der Waals surface area (Å²) in [6.45, 7) is 12.9.